The number of fused-ring (bicyclic) bond motifs is 2. The van der Waals surface area contributed by atoms with Crippen molar-refractivity contribution in [3.05, 3.63) is 89.5 Å². The number of rotatable bonds is 11. The van der Waals surface area contributed by atoms with E-state index in [0.717, 1.165) is 25.3 Å². The van der Waals surface area contributed by atoms with Crippen LogP contribution in [0.1, 0.15) is 23.1 Å². The van der Waals surface area contributed by atoms with Gasteiger partial charge in [0.25, 0.3) is 5.79 Å². The summed E-state index contributed by atoms with van der Waals surface area (Å²) in [5.74, 6) is -8.41. The van der Waals surface area contributed by atoms with Crippen LogP contribution in [0.15, 0.2) is 72.8 Å². The average Bonchev–Trinajstić information content (AvgIpc) is 3.44. The Morgan fingerprint density at radius 2 is 1.13 bits per heavy atom. The summed E-state index contributed by atoms with van der Waals surface area (Å²) in [4.78, 5) is 51.7. The smallest absolute Gasteiger partial charge is 0.366 e. The highest BCUT2D eigenvalue weighted by Gasteiger charge is 2.65. The van der Waals surface area contributed by atoms with E-state index in [1.165, 1.54) is 72.8 Å². The maximum Gasteiger partial charge on any atom is 0.366 e. The fourth-order valence-electron chi connectivity index (χ4n) is 5.32. The van der Waals surface area contributed by atoms with Gasteiger partial charge in [0, 0.05) is 18.2 Å². The molecule has 0 saturated carbocycles. The Balaban J connectivity index is 1.38. The van der Waals surface area contributed by atoms with Gasteiger partial charge in [0.05, 0.1) is 13.5 Å². The number of hydrogen-bond donors (Lipinski definition) is 6. The van der Waals surface area contributed by atoms with E-state index in [1.54, 1.807) is 0 Å². The Hall–Kier alpha value is -6.52. The van der Waals surface area contributed by atoms with Gasteiger partial charge in [-0.25, -0.2) is 19.2 Å². The summed E-state index contributed by atoms with van der Waals surface area (Å²) in [5.41, 5.74) is 0.992. The molecule has 0 amide bonds. The Labute approximate surface area is 294 Å². The summed E-state index contributed by atoms with van der Waals surface area (Å²) in [7, 11) is 1.06. The zero-order valence-corrected chi connectivity index (χ0v) is 27.1. The van der Waals surface area contributed by atoms with Gasteiger partial charge < -0.3 is 59.1 Å². The highest BCUT2D eigenvalue weighted by atomic mass is 16.8. The molecule has 0 aliphatic carbocycles. The number of phenols is 6. The minimum atomic E-state index is -2.17. The van der Waals surface area contributed by atoms with Gasteiger partial charge in [-0.05, 0) is 71.3 Å². The second-order valence-corrected chi connectivity index (χ2v) is 11.4. The van der Waals surface area contributed by atoms with Gasteiger partial charge in [0.2, 0.25) is 0 Å². The molecule has 3 aromatic carbocycles. The largest absolute Gasteiger partial charge is 0.504 e. The molecule has 5 atom stereocenters. The van der Waals surface area contributed by atoms with Crippen molar-refractivity contribution in [2.75, 3.05) is 13.7 Å². The maximum atomic E-state index is 13.1. The molecule has 3 aromatic rings. The summed E-state index contributed by atoms with van der Waals surface area (Å²) in [6.07, 6.45) is 0.810. The summed E-state index contributed by atoms with van der Waals surface area (Å²) >= 11 is 0. The van der Waals surface area contributed by atoms with Crippen LogP contribution < -0.4 is 0 Å². The molecule has 16 nitrogen and oxygen atoms in total. The quantitative estimate of drug-likeness (QED) is 0.0722. The third kappa shape index (κ3) is 8.61. The minimum Gasteiger partial charge on any atom is -0.504 e. The fourth-order valence-corrected chi connectivity index (χ4v) is 5.32. The number of benzene rings is 3. The first-order chi connectivity index (χ1) is 24.8. The molecule has 0 spiro atoms. The van der Waals surface area contributed by atoms with Crippen LogP contribution in [0.2, 0.25) is 0 Å². The summed E-state index contributed by atoms with van der Waals surface area (Å²) in [6.45, 7) is -0.547. The molecule has 2 fully saturated rings. The van der Waals surface area contributed by atoms with Crippen LogP contribution in [0.25, 0.3) is 18.2 Å². The van der Waals surface area contributed by atoms with Crippen molar-refractivity contribution >= 4 is 42.1 Å². The minimum absolute atomic E-state index is 0.315. The van der Waals surface area contributed by atoms with Gasteiger partial charge in [-0.1, -0.05) is 18.2 Å². The SMILES string of the molecule is COC(=O)[C@]12C[C@@H](OC(=O)/C=C/c3ccc(O)c(O)c3)[C@@H](OC(=O)/C=C/c3ccc(O)c(O)c3)[C@@H](O1)[C@@H](COC(=O)/C=C/c1ccc(O)c(O)c1)O2. The van der Waals surface area contributed by atoms with Gasteiger partial charge in [0.15, 0.2) is 40.6 Å². The number of phenolic OH excluding ortho intramolecular Hbond substituents is 6. The normalized spacial score (nSPS) is 22.4. The van der Waals surface area contributed by atoms with Crippen molar-refractivity contribution in [1.29, 1.82) is 0 Å². The number of methoxy groups -OCH3 is 1. The molecule has 272 valence electrons. The Morgan fingerprint density at radius 3 is 1.60 bits per heavy atom. The third-order valence-corrected chi connectivity index (χ3v) is 7.83. The van der Waals surface area contributed by atoms with Crippen LogP contribution in [0.5, 0.6) is 34.5 Å². The molecule has 2 aliphatic rings. The highest BCUT2D eigenvalue weighted by Crippen LogP contribution is 2.44. The van der Waals surface area contributed by atoms with E-state index in [4.69, 9.17) is 28.4 Å². The van der Waals surface area contributed by atoms with Crippen LogP contribution in [0.3, 0.4) is 0 Å². The molecule has 2 aliphatic heterocycles. The second-order valence-electron chi connectivity index (χ2n) is 11.4. The lowest BCUT2D eigenvalue weighted by atomic mass is 9.95. The first-order valence-electron chi connectivity index (χ1n) is 15.4. The van der Waals surface area contributed by atoms with E-state index in [1.807, 2.05) is 0 Å². The molecule has 16 heteroatoms. The standard InChI is InChI=1S/C36H32O16/c1-47-35(46)36-17-28(49-31(44)12-6-20-3-9-23(38)26(41)15-20)33(50-32(45)13-7-21-4-10-24(39)27(42)16-21)34(52-36)29(51-36)18-48-30(43)11-5-19-2-8-22(37)25(40)14-19/h2-16,28-29,33-34,37-42H,17-18H2,1H3/b11-5+,12-6+,13-7+/t28-,29-,33-,34+,36+/m1/s1. The predicted molar refractivity (Wildman–Crippen MR) is 176 cm³/mol. The molecule has 2 bridgehead atoms. The lowest BCUT2D eigenvalue weighted by Crippen LogP contribution is -2.56. The molecule has 0 aromatic heterocycles. The van der Waals surface area contributed by atoms with Crippen molar-refractivity contribution in [2.24, 2.45) is 0 Å². The number of esters is 4. The lowest BCUT2D eigenvalue weighted by molar-refractivity contribution is -0.252. The maximum absolute atomic E-state index is 13.1. The second kappa shape index (κ2) is 15.6. The van der Waals surface area contributed by atoms with Crippen LogP contribution in [-0.2, 0) is 47.6 Å². The van der Waals surface area contributed by atoms with E-state index in [0.29, 0.717) is 16.7 Å². The van der Waals surface area contributed by atoms with E-state index in [9.17, 15) is 49.8 Å². The first kappa shape index (κ1) is 36.8. The van der Waals surface area contributed by atoms with Gasteiger partial charge in [-0.15, -0.1) is 0 Å². The van der Waals surface area contributed by atoms with Crippen molar-refractivity contribution in [1.82, 2.24) is 0 Å². The lowest BCUT2D eigenvalue weighted by Gasteiger charge is -2.38. The molecule has 2 saturated heterocycles. The molecule has 5 rings (SSSR count). The Morgan fingerprint density at radius 1 is 0.673 bits per heavy atom. The zero-order valence-electron chi connectivity index (χ0n) is 27.1. The van der Waals surface area contributed by atoms with Crippen LogP contribution >= 0.6 is 0 Å². The van der Waals surface area contributed by atoms with Gasteiger partial charge in [-0.2, -0.15) is 0 Å². The third-order valence-electron chi connectivity index (χ3n) is 7.83. The van der Waals surface area contributed by atoms with Crippen molar-refractivity contribution in [3.63, 3.8) is 0 Å². The van der Waals surface area contributed by atoms with Gasteiger partial charge in [-0.3, -0.25) is 0 Å². The van der Waals surface area contributed by atoms with E-state index in [-0.39, 0.29) is 17.2 Å². The van der Waals surface area contributed by atoms with Crippen LogP contribution in [0.4, 0.5) is 0 Å². The monoisotopic (exact) mass is 720 g/mol. The Kier molecular flexibility index (Phi) is 11.0. The molecular weight excluding hydrogens is 688 g/mol. The predicted octanol–water partition coefficient (Wildman–Crippen LogP) is 2.78. The van der Waals surface area contributed by atoms with E-state index < -0.39 is 84.4 Å². The van der Waals surface area contributed by atoms with Crippen LogP contribution in [-0.4, -0.2) is 98.4 Å². The molecule has 0 radical (unpaired) electrons. The highest BCUT2D eigenvalue weighted by molar-refractivity contribution is 5.89. The fraction of sp³-hybridized carbons (Fsp3) is 0.222. The first-order valence-corrected chi connectivity index (χ1v) is 15.4. The molecule has 6 N–H and O–H groups in total. The van der Waals surface area contributed by atoms with Gasteiger partial charge in [0.1, 0.15) is 24.9 Å². The summed E-state index contributed by atoms with van der Waals surface area (Å²) < 4.78 is 33.3. The van der Waals surface area contributed by atoms with Gasteiger partial charge >= 0.3 is 23.9 Å². The number of ether oxygens (including phenoxy) is 6. The number of aromatic hydroxyl groups is 6. The summed E-state index contributed by atoms with van der Waals surface area (Å²) in [6, 6.07) is 11.5. The summed E-state index contributed by atoms with van der Waals surface area (Å²) in [5, 5.41) is 57.8. The molecule has 0 unspecified atom stereocenters. The molecule has 52 heavy (non-hydrogen) atoms. The topological polar surface area (TPSA) is 245 Å². The number of carbonyl (C=O) groups excluding carboxylic acids is 4. The molecule has 2 heterocycles. The van der Waals surface area contributed by atoms with Crippen LogP contribution in [0, 0.1) is 0 Å². The number of hydrogen-bond acceptors (Lipinski definition) is 16. The van der Waals surface area contributed by atoms with Crippen molar-refractivity contribution in [2.45, 2.75) is 36.6 Å². The van der Waals surface area contributed by atoms with Crippen molar-refractivity contribution in [3.8, 4) is 34.5 Å². The van der Waals surface area contributed by atoms with E-state index >= 15 is 0 Å². The number of carbonyl (C=O) groups is 4. The zero-order chi connectivity index (χ0) is 37.6. The van der Waals surface area contributed by atoms with E-state index in [2.05, 4.69) is 0 Å². The average molecular weight is 721 g/mol. The van der Waals surface area contributed by atoms with Crippen molar-refractivity contribution < 1.29 is 78.2 Å². The molecular formula is C36H32O16. The Bertz CT molecular complexity index is 1940.